The Balaban J connectivity index is 1.96. The molecular formula is C17H22N2O. The molecule has 2 heterocycles. The molecule has 1 fully saturated rings. The highest BCUT2D eigenvalue weighted by Crippen LogP contribution is 2.26. The minimum Gasteiger partial charge on any atom is -0.350 e. The number of hydrogen-bond donors (Lipinski definition) is 0. The lowest BCUT2D eigenvalue weighted by Crippen LogP contribution is -2.42. The second-order valence-electron chi connectivity index (χ2n) is 6.33. The van der Waals surface area contributed by atoms with Gasteiger partial charge in [-0.05, 0) is 24.3 Å². The molecular weight excluding hydrogens is 248 g/mol. The number of hydrogen-bond acceptors (Lipinski definition) is 1. The summed E-state index contributed by atoms with van der Waals surface area (Å²) in [6.45, 7) is 6.23. The minimum absolute atomic E-state index is 0.181. The lowest BCUT2D eigenvalue weighted by atomic mass is 9.91. The normalized spacial score (nSPS) is 23.2. The monoisotopic (exact) mass is 270 g/mol. The van der Waals surface area contributed by atoms with Crippen LogP contribution in [0.3, 0.4) is 0 Å². The molecule has 3 heteroatoms. The fourth-order valence-corrected chi connectivity index (χ4v) is 3.51. The van der Waals surface area contributed by atoms with Gasteiger partial charge in [0, 0.05) is 37.2 Å². The van der Waals surface area contributed by atoms with Gasteiger partial charge in [0.1, 0.15) is 0 Å². The maximum absolute atomic E-state index is 12.8. The summed E-state index contributed by atoms with van der Waals surface area (Å²) in [5.74, 6) is 1.37. The van der Waals surface area contributed by atoms with Crippen molar-refractivity contribution in [3.05, 3.63) is 36.0 Å². The smallest absolute Gasteiger partial charge is 0.256 e. The van der Waals surface area contributed by atoms with Crippen LogP contribution in [0.15, 0.2) is 30.5 Å². The van der Waals surface area contributed by atoms with Crippen molar-refractivity contribution in [3.8, 4) is 0 Å². The van der Waals surface area contributed by atoms with Gasteiger partial charge in [-0.2, -0.15) is 0 Å². The van der Waals surface area contributed by atoms with Crippen molar-refractivity contribution in [3.63, 3.8) is 0 Å². The van der Waals surface area contributed by atoms with E-state index < -0.39 is 0 Å². The van der Waals surface area contributed by atoms with Crippen LogP contribution < -0.4 is 0 Å². The van der Waals surface area contributed by atoms with Crippen LogP contribution in [0.4, 0.5) is 0 Å². The Morgan fingerprint density at radius 2 is 1.80 bits per heavy atom. The van der Waals surface area contributed by atoms with Crippen LogP contribution in [-0.2, 0) is 7.05 Å². The van der Waals surface area contributed by atoms with E-state index in [0.717, 1.165) is 29.6 Å². The molecule has 3 nitrogen and oxygen atoms in total. The van der Waals surface area contributed by atoms with E-state index in [1.54, 1.807) is 0 Å². The van der Waals surface area contributed by atoms with Crippen LogP contribution in [0.1, 0.15) is 30.6 Å². The number of rotatable bonds is 1. The highest BCUT2D eigenvalue weighted by atomic mass is 16.2. The summed E-state index contributed by atoms with van der Waals surface area (Å²) in [7, 11) is 2.00. The highest BCUT2D eigenvalue weighted by Gasteiger charge is 2.27. The van der Waals surface area contributed by atoms with Crippen LogP contribution >= 0.6 is 0 Å². The van der Waals surface area contributed by atoms with E-state index in [2.05, 4.69) is 19.9 Å². The third-order valence-electron chi connectivity index (χ3n) is 4.28. The molecule has 20 heavy (non-hydrogen) atoms. The summed E-state index contributed by atoms with van der Waals surface area (Å²) in [6, 6.07) is 8.12. The zero-order valence-corrected chi connectivity index (χ0v) is 12.5. The van der Waals surface area contributed by atoms with Crippen molar-refractivity contribution in [2.24, 2.45) is 18.9 Å². The molecule has 2 atom stereocenters. The van der Waals surface area contributed by atoms with Gasteiger partial charge in [-0.1, -0.05) is 32.0 Å². The first-order chi connectivity index (χ1) is 9.56. The van der Waals surface area contributed by atoms with E-state index in [1.807, 2.05) is 40.9 Å². The standard InChI is InChI=1S/C17H22N2O/c1-12-8-13(2)10-19(9-12)17(20)15-11-18(3)16-7-5-4-6-14(15)16/h4-7,11-13H,8-10H2,1-3H3/t12-,13-/m0/s1. The van der Waals surface area contributed by atoms with Crippen LogP contribution in [0, 0.1) is 11.8 Å². The zero-order chi connectivity index (χ0) is 14.3. The van der Waals surface area contributed by atoms with Gasteiger partial charge < -0.3 is 9.47 Å². The van der Waals surface area contributed by atoms with E-state index in [4.69, 9.17) is 0 Å². The summed E-state index contributed by atoms with van der Waals surface area (Å²) in [6.07, 6.45) is 3.19. The predicted octanol–water partition coefficient (Wildman–Crippen LogP) is 3.30. The quantitative estimate of drug-likeness (QED) is 0.780. The number of carbonyl (C=O) groups is 1. The number of piperidine rings is 1. The first kappa shape index (κ1) is 13.2. The van der Waals surface area contributed by atoms with Gasteiger partial charge in [-0.15, -0.1) is 0 Å². The number of aryl methyl sites for hydroxylation is 1. The van der Waals surface area contributed by atoms with Crippen molar-refractivity contribution in [2.45, 2.75) is 20.3 Å². The lowest BCUT2D eigenvalue weighted by molar-refractivity contribution is 0.0625. The summed E-state index contributed by atoms with van der Waals surface area (Å²) in [5.41, 5.74) is 1.96. The second kappa shape index (κ2) is 4.97. The molecule has 0 N–H and O–H groups in total. The fourth-order valence-electron chi connectivity index (χ4n) is 3.51. The second-order valence-corrected chi connectivity index (χ2v) is 6.33. The fraction of sp³-hybridized carbons (Fsp3) is 0.471. The molecule has 0 saturated carbocycles. The molecule has 106 valence electrons. The molecule has 1 aromatic heterocycles. The van der Waals surface area contributed by atoms with Crippen molar-refractivity contribution in [1.82, 2.24) is 9.47 Å². The van der Waals surface area contributed by atoms with Gasteiger partial charge in [0.25, 0.3) is 5.91 Å². The van der Waals surface area contributed by atoms with Gasteiger partial charge in [0.2, 0.25) is 0 Å². The Hall–Kier alpha value is -1.77. The molecule has 2 aromatic rings. The van der Waals surface area contributed by atoms with Crippen molar-refractivity contribution in [2.75, 3.05) is 13.1 Å². The molecule has 0 aliphatic carbocycles. The number of para-hydroxylation sites is 1. The molecule has 3 rings (SSSR count). The van der Waals surface area contributed by atoms with Gasteiger partial charge in [0.05, 0.1) is 5.56 Å². The van der Waals surface area contributed by atoms with Gasteiger partial charge in [-0.25, -0.2) is 0 Å². The average Bonchev–Trinajstić information content (AvgIpc) is 2.75. The molecule has 0 spiro atoms. The number of benzene rings is 1. The van der Waals surface area contributed by atoms with Crippen LogP contribution in [0.25, 0.3) is 10.9 Å². The molecule has 1 aliphatic rings. The Morgan fingerprint density at radius 3 is 2.50 bits per heavy atom. The first-order valence-corrected chi connectivity index (χ1v) is 7.39. The van der Waals surface area contributed by atoms with Crippen LogP contribution in [-0.4, -0.2) is 28.5 Å². The summed E-state index contributed by atoms with van der Waals surface area (Å²) < 4.78 is 2.04. The highest BCUT2D eigenvalue weighted by molar-refractivity contribution is 6.07. The summed E-state index contributed by atoms with van der Waals surface area (Å²) >= 11 is 0. The molecule has 0 unspecified atom stereocenters. The van der Waals surface area contributed by atoms with Crippen molar-refractivity contribution >= 4 is 16.8 Å². The first-order valence-electron chi connectivity index (χ1n) is 7.39. The summed E-state index contributed by atoms with van der Waals surface area (Å²) in [4.78, 5) is 14.9. The maximum atomic E-state index is 12.8. The molecule has 0 radical (unpaired) electrons. The number of amides is 1. The number of nitrogens with zero attached hydrogens (tertiary/aromatic N) is 2. The number of aromatic nitrogens is 1. The van der Waals surface area contributed by atoms with Crippen molar-refractivity contribution < 1.29 is 4.79 Å². The number of carbonyl (C=O) groups excluding carboxylic acids is 1. The van der Waals surface area contributed by atoms with E-state index in [0.29, 0.717) is 11.8 Å². The topological polar surface area (TPSA) is 25.2 Å². The Bertz CT molecular complexity index is 633. The van der Waals surface area contributed by atoms with Crippen molar-refractivity contribution in [1.29, 1.82) is 0 Å². The SMILES string of the molecule is C[C@H]1C[C@H](C)CN(C(=O)c2cn(C)c3ccccc23)C1. The molecule has 0 bridgehead atoms. The lowest BCUT2D eigenvalue weighted by Gasteiger charge is -2.34. The van der Waals surface area contributed by atoms with E-state index >= 15 is 0 Å². The third-order valence-corrected chi connectivity index (χ3v) is 4.28. The van der Waals surface area contributed by atoms with E-state index in [9.17, 15) is 4.79 Å². The largest absolute Gasteiger partial charge is 0.350 e. The molecule has 1 aliphatic heterocycles. The van der Waals surface area contributed by atoms with Gasteiger partial charge in [-0.3, -0.25) is 4.79 Å². The average molecular weight is 270 g/mol. The van der Waals surface area contributed by atoms with E-state index in [1.165, 1.54) is 6.42 Å². The van der Waals surface area contributed by atoms with Crippen LogP contribution in [0.5, 0.6) is 0 Å². The third kappa shape index (κ3) is 2.21. The zero-order valence-electron chi connectivity index (χ0n) is 12.5. The number of likely N-dealkylation sites (tertiary alicyclic amines) is 1. The minimum atomic E-state index is 0.181. The number of fused-ring (bicyclic) bond motifs is 1. The molecule has 1 saturated heterocycles. The van der Waals surface area contributed by atoms with Crippen LogP contribution in [0.2, 0.25) is 0 Å². The van der Waals surface area contributed by atoms with Gasteiger partial charge >= 0.3 is 0 Å². The molecule has 1 aromatic carbocycles. The Morgan fingerprint density at radius 1 is 1.15 bits per heavy atom. The predicted molar refractivity (Wildman–Crippen MR) is 81.8 cm³/mol. The Labute approximate surface area is 120 Å². The Kier molecular flexibility index (Phi) is 3.28. The summed E-state index contributed by atoms with van der Waals surface area (Å²) in [5, 5.41) is 1.06. The van der Waals surface area contributed by atoms with Gasteiger partial charge in [0.15, 0.2) is 0 Å². The maximum Gasteiger partial charge on any atom is 0.256 e. The van der Waals surface area contributed by atoms with E-state index in [-0.39, 0.29) is 5.91 Å². The molecule has 1 amide bonds.